The normalized spacial score (nSPS) is 12.2. The monoisotopic (exact) mass is 182 g/mol. The van der Waals surface area contributed by atoms with Gasteiger partial charge in [-0.25, -0.2) is 4.39 Å². The van der Waals surface area contributed by atoms with Crippen LogP contribution in [0.4, 0.5) is 4.39 Å². The van der Waals surface area contributed by atoms with Crippen molar-refractivity contribution in [3.05, 3.63) is 42.2 Å². The third-order valence-electron chi connectivity index (χ3n) is 1.73. The van der Waals surface area contributed by atoms with E-state index in [-0.39, 0.29) is 0 Å². The first-order valence-electron chi connectivity index (χ1n) is 3.81. The second-order valence-corrected chi connectivity index (χ2v) is 2.62. The molecular formula is C10H11FO2. The van der Waals surface area contributed by atoms with E-state index >= 15 is 0 Å². The zero-order chi connectivity index (χ0) is 9.84. The largest absolute Gasteiger partial charge is 0.497 e. The molecule has 0 saturated carbocycles. The summed E-state index contributed by atoms with van der Waals surface area (Å²) in [7, 11) is 1.54. The van der Waals surface area contributed by atoms with E-state index in [2.05, 4.69) is 6.58 Å². The van der Waals surface area contributed by atoms with Crippen LogP contribution >= 0.6 is 0 Å². The smallest absolute Gasteiger partial charge is 0.130 e. The Morgan fingerprint density at radius 2 is 2.00 bits per heavy atom. The fourth-order valence-electron chi connectivity index (χ4n) is 0.967. The molecule has 1 atom stereocenters. The summed E-state index contributed by atoms with van der Waals surface area (Å²) in [4.78, 5) is 0. The van der Waals surface area contributed by atoms with Gasteiger partial charge < -0.3 is 9.84 Å². The minimum Gasteiger partial charge on any atom is -0.497 e. The van der Waals surface area contributed by atoms with Gasteiger partial charge in [-0.15, -0.1) is 0 Å². The number of halogens is 1. The summed E-state index contributed by atoms with van der Waals surface area (Å²) in [5.41, 5.74) is 0.466. The lowest BCUT2D eigenvalue weighted by Crippen LogP contribution is -1.96. The van der Waals surface area contributed by atoms with Gasteiger partial charge in [0.05, 0.1) is 7.11 Å². The molecule has 0 bridgehead atoms. The molecule has 1 unspecified atom stereocenters. The quantitative estimate of drug-likeness (QED) is 0.776. The van der Waals surface area contributed by atoms with Crippen molar-refractivity contribution in [1.82, 2.24) is 0 Å². The van der Waals surface area contributed by atoms with E-state index in [1.54, 1.807) is 31.4 Å². The Bertz CT molecular complexity index is 292. The molecule has 0 spiro atoms. The molecule has 0 aliphatic heterocycles. The van der Waals surface area contributed by atoms with Crippen molar-refractivity contribution < 1.29 is 14.2 Å². The van der Waals surface area contributed by atoms with Gasteiger partial charge in [-0.3, -0.25) is 0 Å². The average Bonchev–Trinajstić information content (AvgIpc) is 2.17. The first-order chi connectivity index (χ1) is 6.15. The maximum atomic E-state index is 12.5. The molecule has 2 nitrogen and oxygen atoms in total. The first kappa shape index (κ1) is 9.74. The topological polar surface area (TPSA) is 29.5 Å². The van der Waals surface area contributed by atoms with E-state index in [0.717, 1.165) is 0 Å². The third kappa shape index (κ3) is 2.29. The van der Waals surface area contributed by atoms with Crippen molar-refractivity contribution >= 4 is 0 Å². The van der Waals surface area contributed by atoms with E-state index < -0.39 is 11.9 Å². The average molecular weight is 182 g/mol. The van der Waals surface area contributed by atoms with Gasteiger partial charge >= 0.3 is 0 Å². The molecule has 1 aromatic rings. The molecule has 0 saturated heterocycles. The van der Waals surface area contributed by atoms with Crippen molar-refractivity contribution in [2.45, 2.75) is 6.10 Å². The Kier molecular flexibility index (Phi) is 3.03. The van der Waals surface area contributed by atoms with Crippen LogP contribution in [0.5, 0.6) is 5.75 Å². The Balaban J connectivity index is 2.85. The van der Waals surface area contributed by atoms with Gasteiger partial charge in [0.2, 0.25) is 0 Å². The lowest BCUT2D eigenvalue weighted by molar-refractivity contribution is 0.187. The maximum Gasteiger partial charge on any atom is 0.130 e. The highest BCUT2D eigenvalue weighted by Gasteiger charge is 2.10. The highest BCUT2D eigenvalue weighted by atomic mass is 19.1. The van der Waals surface area contributed by atoms with Gasteiger partial charge in [0, 0.05) is 0 Å². The Labute approximate surface area is 76.3 Å². The standard InChI is InChI=1S/C10H11FO2/c1-7(11)10(12)8-3-5-9(13-2)6-4-8/h3-6,10,12H,1H2,2H3. The Morgan fingerprint density at radius 3 is 2.38 bits per heavy atom. The summed E-state index contributed by atoms with van der Waals surface area (Å²) in [6, 6.07) is 6.49. The number of ether oxygens (including phenoxy) is 1. The molecule has 0 amide bonds. The predicted octanol–water partition coefficient (Wildman–Crippen LogP) is 2.21. The summed E-state index contributed by atoms with van der Waals surface area (Å²) in [6.45, 7) is 3.03. The van der Waals surface area contributed by atoms with Crippen LogP contribution < -0.4 is 4.74 Å². The molecule has 0 aliphatic carbocycles. The first-order valence-corrected chi connectivity index (χ1v) is 3.81. The molecule has 70 valence electrons. The number of aliphatic hydroxyl groups is 1. The van der Waals surface area contributed by atoms with Crippen molar-refractivity contribution in [2.24, 2.45) is 0 Å². The molecule has 1 rings (SSSR count). The van der Waals surface area contributed by atoms with Crippen LogP contribution in [0.3, 0.4) is 0 Å². The fraction of sp³-hybridized carbons (Fsp3) is 0.200. The van der Waals surface area contributed by atoms with E-state index in [1.165, 1.54) is 0 Å². The number of methoxy groups -OCH3 is 1. The van der Waals surface area contributed by atoms with Crippen LogP contribution in [0.25, 0.3) is 0 Å². The van der Waals surface area contributed by atoms with Gasteiger partial charge in [-0.05, 0) is 17.7 Å². The molecule has 0 aromatic heterocycles. The number of aliphatic hydroxyl groups excluding tert-OH is 1. The summed E-state index contributed by atoms with van der Waals surface area (Å²) in [5.74, 6) is -0.0920. The van der Waals surface area contributed by atoms with Gasteiger partial charge in [-0.2, -0.15) is 0 Å². The maximum absolute atomic E-state index is 12.5. The number of rotatable bonds is 3. The summed E-state index contributed by atoms with van der Waals surface area (Å²) < 4.78 is 17.4. The van der Waals surface area contributed by atoms with E-state index in [1.807, 2.05) is 0 Å². The van der Waals surface area contributed by atoms with Crippen LogP contribution in [0.15, 0.2) is 36.7 Å². The lowest BCUT2D eigenvalue weighted by Gasteiger charge is -2.08. The van der Waals surface area contributed by atoms with Crippen molar-refractivity contribution in [3.8, 4) is 5.75 Å². The van der Waals surface area contributed by atoms with Crippen molar-refractivity contribution in [2.75, 3.05) is 7.11 Å². The zero-order valence-corrected chi connectivity index (χ0v) is 7.33. The van der Waals surface area contributed by atoms with Gasteiger partial charge in [0.15, 0.2) is 0 Å². The van der Waals surface area contributed by atoms with Crippen LogP contribution in [-0.2, 0) is 0 Å². The molecule has 0 fully saturated rings. The van der Waals surface area contributed by atoms with Gasteiger partial charge in [0.25, 0.3) is 0 Å². The van der Waals surface area contributed by atoms with Crippen molar-refractivity contribution in [3.63, 3.8) is 0 Å². The van der Waals surface area contributed by atoms with Crippen molar-refractivity contribution in [1.29, 1.82) is 0 Å². The highest BCUT2D eigenvalue weighted by molar-refractivity contribution is 5.30. The number of hydrogen-bond donors (Lipinski definition) is 1. The van der Waals surface area contributed by atoms with E-state index in [0.29, 0.717) is 11.3 Å². The SMILES string of the molecule is C=C(F)C(O)c1ccc(OC)cc1. The number of benzene rings is 1. The molecule has 1 aromatic carbocycles. The second-order valence-electron chi connectivity index (χ2n) is 2.62. The Morgan fingerprint density at radius 1 is 1.46 bits per heavy atom. The second kappa shape index (κ2) is 4.05. The van der Waals surface area contributed by atoms with Gasteiger partial charge in [0.1, 0.15) is 17.7 Å². The summed E-state index contributed by atoms with van der Waals surface area (Å²) >= 11 is 0. The van der Waals surface area contributed by atoms with Crippen LogP contribution in [0, 0.1) is 0 Å². The van der Waals surface area contributed by atoms with Crippen LogP contribution in [0.2, 0.25) is 0 Å². The van der Waals surface area contributed by atoms with Crippen LogP contribution in [0.1, 0.15) is 11.7 Å². The van der Waals surface area contributed by atoms with Crippen LogP contribution in [-0.4, -0.2) is 12.2 Å². The molecule has 0 heterocycles. The van der Waals surface area contributed by atoms with Gasteiger partial charge in [-0.1, -0.05) is 18.7 Å². The highest BCUT2D eigenvalue weighted by Crippen LogP contribution is 2.22. The summed E-state index contributed by atoms with van der Waals surface area (Å²) in [5, 5.41) is 9.25. The Hall–Kier alpha value is -1.35. The molecule has 0 aliphatic rings. The minimum absolute atomic E-state index is 0.466. The minimum atomic E-state index is -1.24. The molecular weight excluding hydrogens is 171 g/mol. The lowest BCUT2D eigenvalue weighted by atomic mass is 10.1. The number of hydrogen-bond acceptors (Lipinski definition) is 2. The molecule has 13 heavy (non-hydrogen) atoms. The summed E-state index contributed by atoms with van der Waals surface area (Å²) in [6.07, 6.45) is -1.24. The fourth-order valence-corrected chi connectivity index (χ4v) is 0.967. The zero-order valence-electron chi connectivity index (χ0n) is 7.33. The molecule has 0 radical (unpaired) electrons. The third-order valence-corrected chi connectivity index (χ3v) is 1.73. The van der Waals surface area contributed by atoms with E-state index in [4.69, 9.17) is 4.74 Å². The molecule has 1 N–H and O–H groups in total. The predicted molar refractivity (Wildman–Crippen MR) is 48.2 cm³/mol. The van der Waals surface area contributed by atoms with E-state index in [9.17, 15) is 9.50 Å². The molecule has 3 heteroatoms.